The Morgan fingerprint density at radius 2 is 2.00 bits per heavy atom. The van der Waals surface area contributed by atoms with Crippen LogP contribution in [-0.2, 0) is 6.42 Å². The molecule has 0 aliphatic carbocycles. The van der Waals surface area contributed by atoms with E-state index in [0.717, 1.165) is 36.6 Å². The number of thioether (sulfide) groups is 1. The molecule has 20 heavy (non-hydrogen) atoms. The number of aliphatic hydroxyl groups is 1. The van der Waals surface area contributed by atoms with Gasteiger partial charge in [-0.25, -0.2) is 9.97 Å². The SMILES string of the molecule is CCCNc1ncnc(NC(C)C(CO)SC)c1CC. The van der Waals surface area contributed by atoms with Crippen molar-refractivity contribution in [2.45, 2.75) is 44.9 Å². The van der Waals surface area contributed by atoms with Crippen molar-refractivity contribution in [3.05, 3.63) is 11.9 Å². The minimum Gasteiger partial charge on any atom is -0.395 e. The zero-order chi connectivity index (χ0) is 15.0. The normalized spacial score (nSPS) is 13.8. The first-order valence-electron chi connectivity index (χ1n) is 7.15. The fraction of sp³-hybridized carbons (Fsp3) is 0.714. The zero-order valence-corrected chi connectivity index (χ0v) is 13.6. The molecular weight excluding hydrogens is 272 g/mol. The maximum atomic E-state index is 9.37. The molecule has 0 fully saturated rings. The summed E-state index contributed by atoms with van der Waals surface area (Å²) < 4.78 is 0. The smallest absolute Gasteiger partial charge is 0.134 e. The lowest BCUT2D eigenvalue weighted by Crippen LogP contribution is -2.31. The van der Waals surface area contributed by atoms with Crippen molar-refractivity contribution in [3.63, 3.8) is 0 Å². The van der Waals surface area contributed by atoms with Crippen molar-refractivity contribution >= 4 is 23.4 Å². The number of aliphatic hydroxyl groups excluding tert-OH is 1. The lowest BCUT2D eigenvalue weighted by atomic mass is 10.2. The molecule has 1 rings (SSSR count). The molecule has 0 spiro atoms. The van der Waals surface area contributed by atoms with Crippen LogP contribution < -0.4 is 10.6 Å². The topological polar surface area (TPSA) is 70.1 Å². The highest BCUT2D eigenvalue weighted by Gasteiger charge is 2.18. The van der Waals surface area contributed by atoms with Crippen LogP contribution in [0.25, 0.3) is 0 Å². The van der Waals surface area contributed by atoms with E-state index in [2.05, 4.69) is 41.4 Å². The molecule has 0 saturated carbocycles. The number of nitrogens with zero attached hydrogens (tertiary/aromatic N) is 2. The molecule has 2 unspecified atom stereocenters. The maximum Gasteiger partial charge on any atom is 0.134 e. The van der Waals surface area contributed by atoms with Gasteiger partial charge in [-0.2, -0.15) is 11.8 Å². The van der Waals surface area contributed by atoms with Crippen LogP contribution in [0.4, 0.5) is 11.6 Å². The Bertz CT molecular complexity index is 399. The average molecular weight is 298 g/mol. The standard InChI is InChI=1S/C14H26N4OS/c1-5-7-15-13-11(6-2)14(17-9-16-13)18-10(3)12(8-19)20-4/h9-10,12,19H,5-8H2,1-4H3,(H2,15,16,17,18). The summed E-state index contributed by atoms with van der Waals surface area (Å²) in [6, 6.07) is 0.147. The minimum atomic E-state index is 0.147. The van der Waals surface area contributed by atoms with Gasteiger partial charge in [0.2, 0.25) is 0 Å². The van der Waals surface area contributed by atoms with E-state index in [1.54, 1.807) is 18.1 Å². The van der Waals surface area contributed by atoms with E-state index < -0.39 is 0 Å². The number of hydrogen-bond donors (Lipinski definition) is 3. The highest BCUT2D eigenvalue weighted by Crippen LogP contribution is 2.23. The summed E-state index contributed by atoms with van der Waals surface area (Å²) in [7, 11) is 0. The predicted molar refractivity (Wildman–Crippen MR) is 87.7 cm³/mol. The molecule has 5 nitrogen and oxygen atoms in total. The van der Waals surface area contributed by atoms with Gasteiger partial charge in [0.15, 0.2) is 0 Å². The number of rotatable bonds is 9. The predicted octanol–water partition coefficient (Wildman–Crippen LogP) is 2.39. The Labute approximate surface area is 126 Å². The van der Waals surface area contributed by atoms with Gasteiger partial charge in [0, 0.05) is 23.4 Å². The molecule has 1 heterocycles. The van der Waals surface area contributed by atoms with E-state index in [9.17, 15) is 5.11 Å². The number of nitrogens with one attached hydrogen (secondary N) is 2. The van der Waals surface area contributed by atoms with Gasteiger partial charge >= 0.3 is 0 Å². The summed E-state index contributed by atoms with van der Waals surface area (Å²) in [5.74, 6) is 1.77. The Balaban J connectivity index is 2.88. The highest BCUT2D eigenvalue weighted by atomic mass is 32.2. The Morgan fingerprint density at radius 3 is 2.55 bits per heavy atom. The first-order chi connectivity index (χ1) is 9.67. The summed E-state index contributed by atoms with van der Waals surface area (Å²) in [5, 5.41) is 16.3. The van der Waals surface area contributed by atoms with Crippen LogP contribution >= 0.6 is 11.8 Å². The molecule has 0 aliphatic heterocycles. The second-order valence-corrected chi connectivity index (χ2v) is 5.80. The second kappa shape index (κ2) is 9.02. The van der Waals surface area contributed by atoms with Crippen molar-refractivity contribution in [1.82, 2.24) is 9.97 Å². The first-order valence-corrected chi connectivity index (χ1v) is 8.44. The fourth-order valence-corrected chi connectivity index (χ4v) is 2.64. The van der Waals surface area contributed by atoms with Crippen molar-refractivity contribution < 1.29 is 5.11 Å². The van der Waals surface area contributed by atoms with E-state index in [0.29, 0.717) is 0 Å². The molecule has 3 N–H and O–H groups in total. The van der Waals surface area contributed by atoms with E-state index >= 15 is 0 Å². The van der Waals surface area contributed by atoms with Gasteiger partial charge < -0.3 is 15.7 Å². The molecule has 0 saturated heterocycles. The Hall–Kier alpha value is -1.01. The van der Waals surface area contributed by atoms with Crippen LogP contribution in [0, 0.1) is 0 Å². The van der Waals surface area contributed by atoms with Gasteiger partial charge in [-0.15, -0.1) is 0 Å². The highest BCUT2D eigenvalue weighted by molar-refractivity contribution is 7.99. The van der Waals surface area contributed by atoms with E-state index in [1.165, 1.54) is 0 Å². The van der Waals surface area contributed by atoms with Crippen molar-refractivity contribution in [2.24, 2.45) is 0 Å². The minimum absolute atomic E-state index is 0.147. The van der Waals surface area contributed by atoms with Gasteiger partial charge in [-0.1, -0.05) is 13.8 Å². The van der Waals surface area contributed by atoms with Crippen LogP contribution in [0.3, 0.4) is 0 Å². The maximum absolute atomic E-state index is 9.37. The molecule has 0 radical (unpaired) electrons. The molecule has 0 amide bonds. The van der Waals surface area contributed by atoms with Crippen LogP contribution in [0.2, 0.25) is 0 Å². The van der Waals surface area contributed by atoms with Gasteiger partial charge in [0.25, 0.3) is 0 Å². The van der Waals surface area contributed by atoms with E-state index in [1.807, 2.05) is 6.26 Å². The molecule has 6 heteroatoms. The third-order valence-corrected chi connectivity index (χ3v) is 4.41. The Morgan fingerprint density at radius 1 is 1.30 bits per heavy atom. The molecule has 0 aromatic carbocycles. The summed E-state index contributed by atoms with van der Waals surface area (Å²) in [4.78, 5) is 8.68. The van der Waals surface area contributed by atoms with Gasteiger partial charge in [0.1, 0.15) is 18.0 Å². The lowest BCUT2D eigenvalue weighted by Gasteiger charge is -2.23. The average Bonchev–Trinajstić information content (AvgIpc) is 2.46. The number of anilines is 2. The summed E-state index contributed by atoms with van der Waals surface area (Å²) in [5.41, 5.74) is 1.10. The zero-order valence-electron chi connectivity index (χ0n) is 12.8. The van der Waals surface area contributed by atoms with Gasteiger partial charge in [0.05, 0.1) is 6.61 Å². The van der Waals surface area contributed by atoms with Crippen LogP contribution in [0.15, 0.2) is 6.33 Å². The fourth-order valence-electron chi connectivity index (χ4n) is 2.01. The number of aromatic nitrogens is 2. The number of hydrogen-bond acceptors (Lipinski definition) is 6. The molecular formula is C14H26N4OS. The van der Waals surface area contributed by atoms with Gasteiger partial charge in [-0.05, 0) is 26.0 Å². The van der Waals surface area contributed by atoms with Crippen LogP contribution in [-0.4, -0.2) is 45.8 Å². The van der Waals surface area contributed by atoms with E-state index in [4.69, 9.17) is 0 Å². The molecule has 1 aromatic heterocycles. The molecule has 114 valence electrons. The molecule has 0 bridgehead atoms. The van der Waals surface area contributed by atoms with Crippen molar-refractivity contribution in [2.75, 3.05) is 30.0 Å². The molecule has 1 aromatic rings. The van der Waals surface area contributed by atoms with Crippen LogP contribution in [0.5, 0.6) is 0 Å². The van der Waals surface area contributed by atoms with Crippen molar-refractivity contribution in [1.29, 1.82) is 0 Å². The van der Waals surface area contributed by atoms with Crippen LogP contribution in [0.1, 0.15) is 32.8 Å². The molecule has 2 atom stereocenters. The summed E-state index contributed by atoms with van der Waals surface area (Å²) in [6.07, 6.45) is 5.52. The quantitative estimate of drug-likeness (QED) is 0.650. The van der Waals surface area contributed by atoms with Crippen molar-refractivity contribution in [3.8, 4) is 0 Å². The second-order valence-electron chi connectivity index (χ2n) is 4.72. The van der Waals surface area contributed by atoms with Gasteiger partial charge in [-0.3, -0.25) is 0 Å². The lowest BCUT2D eigenvalue weighted by molar-refractivity contribution is 0.288. The first kappa shape index (κ1) is 17.0. The summed E-state index contributed by atoms with van der Waals surface area (Å²) in [6.45, 7) is 7.36. The molecule has 0 aliphatic rings. The third-order valence-electron chi connectivity index (χ3n) is 3.25. The third kappa shape index (κ3) is 4.52. The largest absolute Gasteiger partial charge is 0.395 e. The van der Waals surface area contributed by atoms with E-state index in [-0.39, 0.29) is 17.9 Å². The monoisotopic (exact) mass is 298 g/mol. The summed E-state index contributed by atoms with van der Waals surface area (Å²) >= 11 is 1.66. The Kier molecular flexibility index (Phi) is 7.69.